The van der Waals surface area contributed by atoms with Crippen molar-refractivity contribution in [2.24, 2.45) is 0 Å². The van der Waals surface area contributed by atoms with Crippen LogP contribution in [0.1, 0.15) is 71.1 Å². The Morgan fingerprint density at radius 1 is 1.00 bits per heavy atom. The standard InChI is InChI=1S/C18H30O4/c1-2-3-11-14-17(22-21)15-12-9-7-5-4-6-8-10-13-16-18(19)20/h3,9,11-12,15,21H,2,4-8,10,13-14,16H2,1H3,(H,19,20). The molecule has 0 aromatic carbocycles. The molecule has 2 N–H and O–H groups in total. The SMILES string of the molecule is CCC=CCC(=CC=CCCCCCCCCC(=O)O)OO. The molecular weight excluding hydrogens is 280 g/mol. The normalized spacial score (nSPS) is 12.4. The third kappa shape index (κ3) is 14.9. The van der Waals surface area contributed by atoms with Gasteiger partial charge >= 0.3 is 5.97 Å². The molecule has 4 heteroatoms. The lowest BCUT2D eigenvalue weighted by molar-refractivity contribution is -0.204. The van der Waals surface area contributed by atoms with Crippen LogP contribution < -0.4 is 0 Å². The Morgan fingerprint density at radius 2 is 1.68 bits per heavy atom. The second-order valence-electron chi connectivity index (χ2n) is 5.29. The van der Waals surface area contributed by atoms with Gasteiger partial charge in [0.15, 0.2) is 0 Å². The number of carboxylic acids is 1. The quantitative estimate of drug-likeness (QED) is 0.111. The topological polar surface area (TPSA) is 66.8 Å². The Balaban J connectivity index is 3.56. The first kappa shape index (κ1) is 20.5. The highest BCUT2D eigenvalue weighted by molar-refractivity contribution is 5.66. The van der Waals surface area contributed by atoms with Crippen molar-refractivity contribution in [2.45, 2.75) is 71.1 Å². The maximum Gasteiger partial charge on any atom is 0.303 e. The summed E-state index contributed by atoms with van der Waals surface area (Å²) in [7, 11) is 0. The molecule has 0 aliphatic carbocycles. The first-order valence-electron chi connectivity index (χ1n) is 8.24. The van der Waals surface area contributed by atoms with Crippen LogP contribution in [0.5, 0.6) is 0 Å². The maximum atomic E-state index is 10.3. The second-order valence-corrected chi connectivity index (χ2v) is 5.29. The van der Waals surface area contributed by atoms with Gasteiger partial charge in [0, 0.05) is 12.8 Å². The molecule has 22 heavy (non-hydrogen) atoms. The van der Waals surface area contributed by atoms with E-state index >= 15 is 0 Å². The zero-order valence-corrected chi connectivity index (χ0v) is 13.7. The lowest BCUT2D eigenvalue weighted by atomic mass is 10.1. The van der Waals surface area contributed by atoms with Crippen LogP contribution in [-0.4, -0.2) is 16.3 Å². The zero-order chi connectivity index (χ0) is 16.5. The van der Waals surface area contributed by atoms with Crippen molar-refractivity contribution < 1.29 is 20.0 Å². The summed E-state index contributed by atoms with van der Waals surface area (Å²) in [4.78, 5) is 14.7. The molecule has 0 spiro atoms. The fourth-order valence-electron chi connectivity index (χ4n) is 2.02. The average molecular weight is 310 g/mol. The van der Waals surface area contributed by atoms with Gasteiger partial charge in [-0.05, 0) is 31.8 Å². The van der Waals surface area contributed by atoms with E-state index in [1.54, 1.807) is 6.08 Å². The fraction of sp³-hybridized carbons (Fsp3) is 0.611. The molecule has 0 radical (unpaired) electrons. The molecule has 0 amide bonds. The number of rotatable bonds is 14. The van der Waals surface area contributed by atoms with E-state index in [0.29, 0.717) is 12.2 Å². The van der Waals surface area contributed by atoms with Crippen molar-refractivity contribution in [2.75, 3.05) is 0 Å². The van der Waals surface area contributed by atoms with E-state index in [4.69, 9.17) is 10.4 Å². The number of unbranched alkanes of at least 4 members (excludes halogenated alkanes) is 6. The van der Waals surface area contributed by atoms with E-state index in [1.165, 1.54) is 6.42 Å². The van der Waals surface area contributed by atoms with Crippen LogP contribution in [0.3, 0.4) is 0 Å². The van der Waals surface area contributed by atoms with Gasteiger partial charge in [-0.15, -0.1) is 0 Å². The van der Waals surface area contributed by atoms with Crippen LogP contribution >= 0.6 is 0 Å². The molecular formula is C18H30O4. The molecule has 0 saturated heterocycles. The predicted molar refractivity (Wildman–Crippen MR) is 89.6 cm³/mol. The lowest BCUT2D eigenvalue weighted by Gasteiger charge is -1.99. The molecule has 0 rings (SSSR count). The van der Waals surface area contributed by atoms with Gasteiger partial charge < -0.3 is 9.99 Å². The predicted octanol–water partition coefficient (Wildman–Crippen LogP) is 5.48. The lowest BCUT2D eigenvalue weighted by Crippen LogP contribution is -1.93. The largest absolute Gasteiger partial charge is 0.481 e. The smallest absolute Gasteiger partial charge is 0.303 e. The van der Waals surface area contributed by atoms with E-state index in [2.05, 4.69) is 17.9 Å². The van der Waals surface area contributed by atoms with E-state index in [0.717, 1.165) is 44.9 Å². The van der Waals surface area contributed by atoms with Crippen LogP contribution in [0, 0.1) is 0 Å². The Hall–Kier alpha value is -1.55. The highest BCUT2D eigenvalue weighted by atomic mass is 17.1. The van der Waals surface area contributed by atoms with Crippen LogP contribution in [0.2, 0.25) is 0 Å². The zero-order valence-electron chi connectivity index (χ0n) is 13.7. The Kier molecular flexibility index (Phi) is 14.7. The third-order valence-corrected chi connectivity index (χ3v) is 3.27. The summed E-state index contributed by atoms with van der Waals surface area (Å²) >= 11 is 0. The first-order valence-corrected chi connectivity index (χ1v) is 8.24. The molecule has 0 aliphatic heterocycles. The summed E-state index contributed by atoms with van der Waals surface area (Å²) in [6, 6.07) is 0. The van der Waals surface area contributed by atoms with Gasteiger partial charge in [-0.2, -0.15) is 0 Å². The Bertz CT molecular complexity index is 356. The minimum atomic E-state index is -0.699. The molecule has 0 bridgehead atoms. The van der Waals surface area contributed by atoms with Gasteiger partial charge in [0.05, 0.1) is 0 Å². The number of carboxylic acid groups (broad SMARTS) is 1. The van der Waals surface area contributed by atoms with Crippen LogP contribution in [0.4, 0.5) is 0 Å². The fourth-order valence-corrected chi connectivity index (χ4v) is 2.02. The van der Waals surface area contributed by atoms with E-state index in [9.17, 15) is 4.79 Å². The summed E-state index contributed by atoms with van der Waals surface area (Å²) < 4.78 is 0. The highest BCUT2D eigenvalue weighted by Crippen LogP contribution is 2.09. The number of hydrogen-bond donors (Lipinski definition) is 2. The average Bonchev–Trinajstić information content (AvgIpc) is 2.50. The van der Waals surface area contributed by atoms with E-state index in [-0.39, 0.29) is 6.42 Å². The second kappa shape index (κ2) is 15.8. The summed E-state index contributed by atoms with van der Waals surface area (Å²) in [5.74, 6) is -0.158. The van der Waals surface area contributed by atoms with Crippen molar-refractivity contribution in [3.63, 3.8) is 0 Å². The van der Waals surface area contributed by atoms with Crippen molar-refractivity contribution in [3.8, 4) is 0 Å². The number of hydrogen-bond acceptors (Lipinski definition) is 3. The molecule has 0 aliphatic rings. The maximum absolute atomic E-state index is 10.3. The number of carbonyl (C=O) groups is 1. The summed E-state index contributed by atoms with van der Waals surface area (Å²) in [6.45, 7) is 2.06. The molecule has 0 aromatic heterocycles. The van der Waals surface area contributed by atoms with Gasteiger partial charge in [-0.3, -0.25) is 4.79 Å². The summed E-state index contributed by atoms with van der Waals surface area (Å²) in [5, 5.41) is 17.2. The van der Waals surface area contributed by atoms with Crippen molar-refractivity contribution in [3.05, 3.63) is 36.1 Å². The Morgan fingerprint density at radius 3 is 2.32 bits per heavy atom. The summed E-state index contributed by atoms with van der Waals surface area (Å²) in [6.07, 6.45) is 19.0. The minimum absolute atomic E-state index is 0.289. The van der Waals surface area contributed by atoms with Gasteiger partial charge in [0.1, 0.15) is 5.76 Å². The van der Waals surface area contributed by atoms with E-state index in [1.807, 2.05) is 18.2 Å². The van der Waals surface area contributed by atoms with Gasteiger partial charge in [-0.25, -0.2) is 5.26 Å². The molecule has 0 aromatic rings. The molecule has 4 nitrogen and oxygen atoms in total. The van der Waals surface area contributed by atoms with Gasteiger partial charge in [-0.1, -0.05) is 56.9 Å². The first-order chi connectivity index (χ1) is 10.7. The van der Waals surface area contributed by atoms with Crippen molar-refractivity contribution in [1.29, 1.82) is 0 Å². The van der Waals surface area contributed by atoms with Crippen LogP contribution in [-0.2, 0) is 9.68 Å². The molecule has 126 valence electrons. The molecule has 0 fully saturated rings. The number of allylic oxidation sites excluding steroid dienone is 5. The summed E-state index contributed by atoms with van der Waals surface area (Å²) in [5.41, 5.74) is 0. The Labute approximate surface area is 134 Å². The van der Waals surface area contributed by atoms with Crippen LogP contribution in [0.15, 0.2) is 36.1 Å². The molecule has 0 saturated carbocycles. The molecule has 0 atom stereocenters. The number of aliphatic carboxylic acids is 1. The monoisotopic (exact) mass is 310 g/mol. The molecule has 0 unspecified atom stereocenters. The van der Waals surface area contributed by atoms with Crippen molar-refractivity contribution >= 4 is 5.97 Å². The van der Waals surface area contributed by atoms with Crippen LogP contribution in [0.25, 0.3) is 0 Å². The van der Waals surface area contributed by atoms with Crippen molar-refractivity contribution in [1.82, 2.24) is 0 Å². The van der Waals surface area contributed by atoms with Gasteiger partial charge in [0.2, 0.25) is 0 Å². The van der Waals surface area contributed by atoms with E-state index < -0.39 is 5.97 Å². The van der Waals surface area contributed by atoms with Gasteiger partial charge in [0.25, 0.3) is 0 Å². The third-order valence-electron chi connectivity index (χ3n) is 3.27. The minimum Gasteiger partial charge on any atom is -0.481 e. The molecule has 0 heterocycles. The highest BCUT2D eigenvalue weighted by Gasteiger charge is 1.96.